The van der Waals surface area contributed by atoms with Gasteiger partial charge in [0.05, 0.1) is 0 Å². The molecular formula is C26H31NO4. The number of aryl methyl sites for hydroxylation is 1. The second-order valence-electron chi connectivity index (χ2n) is 9.04. The molecule has 0 bridgehead atoms. The van der Waals surface area contributed by atoms with Crippen LogP contribution in [0.25, 0.3) is 0 Å². The molecule has 0 spiro atoms. The standard InChI is InChI=1S/C26H31NO4/c1-18-15-19(11-13-23(18)31-22-12-14-24-25(16-22)30-17-29-24)26(28)27(21-9-5-6-10-21)20-7-3-2-4-8-20/h11-16,20-21H,2-10,17H2,1H3. The Labute approximate surface area is 184 Å². The summed E-state index contributed by atoms with van der Waals surface area (Å²) in [7, 11) is 0. The van der Waals surface area contributed by atoms with Gasteiger partial charge in [0.2, 0.25) is 6.79 Å². The maximum absolute atomic E-state index is 13.6. The third-order valence-electron chi connectivity index (χ3n) is 6.91. The van der Waals surface area contributed by atoms with E-state index in [0.717, 1.165) is 48.3 Å². The van der Waals surface area contributed by atoms with Gasteiger partial charge in [-0.3, -0.25) is 4.79 Å². The Hall–Kier alpha value is -2.69. The third-order valence-corrected chi connectivity index (χ3v) is 6.91. The normalized spacial score (nSPS) is 18.9. The molecule has 2 aromatic rings. The highest BCUT2D eigenvalue weighted by Gasteiger charge is 2.33. The van der Waals surface area contributed by atoms with Crippen molar-refractivity contribution in [2.45, 2.75) is 76.8 Å². The molecule has 2 saturated carbocycles. The zero-order valence-corrected chi connectivity index (χ0v) is 18.3. The molecule has 1 aliphatic heterocycles. The Morgan fingerprint density at radius 2 is 1.55 bits per heavy atom. The average molecular weight is 422 g/mol. The van der Waals surface area contributed by atoms with Gasteiger partial charge in [0.1, 0.15) is 11.5 Å². The van der Waals surface area contributed by atoms with E-state index in [9.17, 15) is 4.79 Å². The minimum Gasteiger partial charge on any atom is -0.457 e. The molecule has 5 rings (SSSR count). The quantitative estimate of drug-likeness (QED) is 0.574. The Morgan fingerprint density at radius 1 is 0.871 bits per heavy atom. The van der Waals surface area contributed by atoms with Crippen LogP contribution in [0.4, 0.5) is 0 Å². The predicted molar refractivity (Wildman–Crippen MR) is 119 cm³/mol. The summed E-state index contributed by atoms with van der Waals surface area (Å²) in [5.41, 5.74) is 1.73. The molecule has 1 amide bonds. The largest absolute Gasteiger partial charge is 0.457 e. The fourth-order valence-corrected chi connectivity index (χ4v) is 5.28. The van der Waals surface area contributed by atoms with Gasteiger partial charge in [-0.2, -0.15) is 0 Å². The second kappa shape index (κ2) is 8.81. The van der Waals surface area contributed by atoms with Gasteiger partial charge in [0, 0.05) is 23.7 Å². The predicted octanol–water partition coefficient (Wildman–Crippen LogP) is 6.23. The van der Waals surface area contributed by atoms with Gasteiger partial charge >= 0.3 is 0 Å². The van der Waals surface area contributed by atoms with Crippen molar-refractivity contribution >= 4 is 5.91 Å². The SMILES string of the molecule is Cc1cc(C(=O)N(C2CCCCC2)C2CCCC2)ccc1Oc1ccc2c(c1)OCO2. The highest BCUT2D eigenvalue weighted by Crippen LogP contribution is 2.38. The molecule has 2 aliphatic carbocycles. The summed E-state index contributed by atoms with van der Waals surface area (Å²) < 4.78 is 16.9. The Kier molecular flexibility index (Phi) is 5.75. The van der Waals surface area contributed by atoms with Crippen LogP contribution < -0.4 is 14.2 Å². The topological polar surface area (TPSA) is 48.0 Å². The number of ether oxygens (including phenoxy) is 3. The van der Waals surface area contributed by atoms with E-state index in [1.54, 1.807) is 0 Å². The van der Waals surface area contributed by atoms with Crippen molar-refractivity contribution in [3.8, 4) is 23.0 Å². The summed E-state index contributed by atoms with van der Waals surface area (Å²) in [6.07, 6.45) is 10.8. The second-order valence-corrected chi connectivity index (χ2v) is 9.04. The number of benzene rings is 2. The molecular weight excluding hydrogens is 390 g/mol. The lowest BCUT2D eigenvalue weighted by molar-refractivity contribution is 0.0518. The number of amides is 1. The molecule has 0 atom stereocenters. The van der Waals surface area contributed by atoms with E-state index in [2.05, 4.69) is 4.90 Å². The third kappa shape index (κ3) is 4.23. The molecule has 2 aromatic carbocycles. The summed E-state index contributed by atoms with van der Waals surface area (Å²) in [5.74, 6) is 3.07. The lowest BCUT2D eigenvalue weighted by atomic mass is 9.92. The number of carbonyl (C=O) groups is 1. The van der Waals surface area contributed by atoms with Crippen LogP contribution in [0.1, 0.15) is 73.7 Å². The number of fused-ring (bicyclic) bond motifs is 1. The van der Waals surface area contributed by atoms with Crippen LogP contribution in [0.2, 0.25) is 0 Å². The van der Waals surface area contributed by atoms with Crippen molar-refractivity contribution in [3.63, 3.8) is 0 Å². The van der Waals surface area contributed by atoms with Crippen LogP contribution in [-0.2, 0) is 0 Å². The van der Waals surface area contributed by atoms with Crippen molar-refractivity contribution in [2.24, 2.45) is 0 Å². The van der Waals surface area contributed by atoms with Crippen molar-refractivity contribution in [2.75, 3.05) is 6.79 Å². The summed E-state index contributed by atoms with van der Waals surface area (Å²) in [6.45, 7) is 2.24. The minimum atomic E-state index is 0.191. The summed E-state index contributed by atoms with van der Waals surface area (Å²) in [6, 6.07) is 12.2. The van der Waals surface area contributed by atoms with E-state index in [4.69, 9.17) is 14.2 Å². The maximum atomic E-state index is 13.6. The van der Waals surface area contributed by atoms with Crippen molar-refractivity contribution in [1.82, 2.24) is 4.90 Å². The number of carbonyl (C=O) groups excluding carboxylic acids is 1. The first-order valence-corrected chi connectivity index (χ1v) is 11.7. The maximum Gasteiger partial charge on any atom is 0.254 e. The lowest BCUT2D eigenvalue weighted by Gasteiger charge is -2.39. The fourth-order valence-electron chi connectivity index (χ4n) is 5.28. The highest BCUT2D eigenvalue weighted by molar-refractivity contribution is 5.95. The smallest absolute Gasteiger partial charge is 0.254 e. The monoisotopic (exact) mass is 421 g/mol. The van der Waals surface area contributed by atoms with Gasteiger partial charge in [-0.05, 0) is 68.5 Å². The van der Waals surface area contributed by atoms with Crippen molar-refractivity contribution in [1.29, 1.82) is 0 Å². The molecule has 5 nitrogen and oxygen atoms in total. The molecule has 0 unspecified atom stereocenters. The van der Waals surface area contributed by atoms with Gasteiger partial charge in [0.15, 0.2) is 11.5 Å². The number of hydrogen-bond acceptors (Lipinski definition) is 4. The molecule has 3 aliphatic rings. The zero-order valence-electron chi connectivity index (χ0n) is 18.3. The van der Waals surface area contributed by atoms with E-state index in [1.807, 2.05) is 43.3 Å². The first-order valence-electron chi connectivity index (χ1n) is 11.7. The van der Waals surface area contributed by atoms with Crippen LogP contribution in [0, 0.1) is 6.92 Å². The Bertz CT molecular complexity index is 944. The Morgan fingerprint density at radius 3 is 2.26 bits per heavy atom. The summed E-state index contributed by atoms with van der Waals surface area (Å²) in [5, 5.41) is 0. The molecule has 164 valence electrons. The van der Waals surface area contributed by atoms with Crippen molar-refractivity contribution < 1.29 is 19.0 Å². The van der Waals surface area contributed by atoms with E-state index in [-0.39, 0.29) is 12.7 Å². The lowest BCUT2D eigenvalue weighted by Crippen LogP contribution is -2.47. The van der Waals surface area contributed by atoms with E-state index in [1.165, 1.54) is 32.1 Å². The minimum absolute atomic E-state index is 0.191. The molecule has 0 radical (unpaired) electrons. The molecule has 0 saturated heterocycles. The van der Waals surface area contributed by atoms with Gasteiger partial charge in [-0.1, -0.05) is 32.1 Å². The van der Waals surface area contributed by atoms with Gasteiger partial charge in [-0.15, -0.1) is 0 Å². The highest BCUT2D eigenvalue weighted by atomic mass is 16.7. The van der Waals surface area contributed by atoms with Crippen LogP contribution in [0.5, 0.6) is 23.0 Å². The fraction of sp³-hybridized carbons (Fsp3) is 0.500. The van der Waals surface area contributed by atoms with E-state index >= 15 is 0 Å². The molecule has 0 N–H and O–H groups in total. The van der Waals surface area contributed by atoms with Gasteiger partial charge < -0.3 is 19.1 Å². The average Bonchev–Trinajstić information content (AvgIpc) is 3.48. The summed E-state index contributed by atoms with van der Waals surface area (Å²) >= 11 is 0. The van der Waals surface area contributed by atoms with E-state index < -0.39 is 0 Å². The van der Waals surface area contributed by atoms with Crippen molar-refractivity contribution in [3.05, 3.63) is 47.5 Å². The molecule has 1 heterocycles. The van der Waals surface area contributed by atoms with E-state index in [0.29, 0.717) is 23.6 Å². The van der Waals surface area contributed by atoms with Crippen LogP contribution in [0.3, 0.4) is 0 Å². The number of nitrogens with zero attached hydrogens (tertiary/aromatic N) is 1. The number of hydrogen-bond donors (Lipinski definition) is 0. The first kappa shape index (κ1) is 20.2. The van der Waals surface area contributed by atoms with Gasteiger partial charge in [0.25, 0.3) is 5.91 Å². The zero-order chi connectivity index (χ0) is 21.2. The van der Waals surface area contributed by atoms with Gasteiger partial charge in [-0.25, -0.2) is 0 Å². The molecule has 31 heavy (non-hydrogen) atoms. The van der Waals surface area contributed by atoms with Crippen LogP contribution in [0.15, 0.2) is 36.4 Å². The van der Waals surface area contributed by atoms with Crippen LogP contribution in [-0.4, -0.2) is 29.7 Å². The molecule has 5 heteroatoms. The molecule has 0 aromatic heterocycles. The first-order chi connectivity index (χ1) is 15.2. The number of rotatable bonds is 5. The molecule has 2 fully saturated rings. The Balaban J connectivity index is 1.35. The summed E-state index contributed by atoms with van der Waals surface area (Å²) in [4.78, 5) is 15.9. The van der Waals surface area contributed by atoms with Crippen LogP contribution >= 0.6 is 0 Å².